The van der Waals surface area contributed by atoms with E-state index < -0.39 is 18.0 Å². The Morgan fingerprint density at radius 3 is 1.56 bits per heavy atom. The Morgan fingerprint density at radius 2 is 1.33 bits per heavy atom. The second-order valence-corrected chi connectivity index (χ2v) is 1.35. The number of carbonyl (C=O) groups excluding carboxylic acids is 4. The fourth-order valence-electron chi connectivity index (χ4n) is 0.255. The van der Waals surface area contributed by atoms with Crippen molar-refractivity contribution in [1.82, 2.24) is 0 Å². The molecule has 4 nitrogen and oxygen atoms in total. The van der Waals surface area contributed by atoms with Gasteiger partial charge in [-0.25, -0.2) is 0 Å². The van der Waals surface area contributed by atoms with Gasteiger partial charge in [0.2, 0.25) is 11.6 Å². The maximum Gasteiger partial charge on any atom is 0.203 e. The average molecular weight is 128 g/mol. The fourth-order valence-corrected chi connectivity index (χ4v) is 0.255. The monoisotopic (exact) mass is 128 g/mol. The van der Waals surface area contributed by atoms with Crippen molar-refractivity contribution in [3.05, 3.63) is 0 Å². The van der Waals surface area contributed by atoms with Gasteiger partial charge in [0.1, 0.15) is 0 Å². The highest BCUT2D eigenvalue weighted by Gasteiger charge is 2.05. The van der Waals surface area contributed by atoms with E-state index in [2.05, 4.69) is 0 Å². The molecule has 0 heterocycles. The standard InChI is InChI=1S/C5H4O4/c6-2-4(8)1-5(9)3-7/h2-3H,1H2. The van der Waals surface area contributed by atoms with Crippen molar-refractivity contribution in [2.24, 2.45) is 0 Å². The van der Waals surface area contributed by atoms with Gasteiger partial charge in [0.25, 0.3) is 0 Å². The van der Waals surface area contributed by atoms with E-state index in [-0.39, 0.29) is 12.6 Å². The van der Waals surface area contributed by atoms with Crippen LogP contribution in [0.5, 0.6) is 0 Å². The van der Waals surface area contributed by atoms with E-state index in [1.54, 1.807) is 0 Å². The molecule has 0 radical (unpaired) electrons. The van der Waals surface area contributed by atoms with Crippen LogP contribution in [0.3, 0.4) is 0 Å². The molecule has 0 aliphatic carbocycles. The number of hydrogen-bond acceptors (Lipinski definition) is 4. The molecule has 0 aromatic heterocycles. The zero-order chi connectivity index (χ0) is 7.28. The molecule has 0 bridgehead atoms. The van der Waals surface area contributed by atoms with E-state index in [1.165, 1.54) is 0 Å². The van der Waals surface area contributed by atoms with E-state index in [4.69, 9.17) is 0 Å². The maximum absolute atomic E-state index is 10.0. The molecule has 0 atom stereocenters. The first-order chi connectivity index (χ1) is 4.20. The van der Waals surface area contributed by atoms with Gasteiger partial charge < -0.3 is 0 Å². The van der Waals surface area contributed by atoms with E-state index in [1.807, 2.05) is 0 Å². The predicted molar refractivity (Wildman–Crippen MR) is 26.8 cm³/mol. The zero-order valence-electron chi connectivity index (χ0n) is 4.49. The Balaban J connectivity index is 3.73. The van der Waals surface area contributed by atoms with Crippen LogP contribution in [0.25, 0.3) is 0 Å². The van der Waals surface area contributed by atoms with Gasteiger partial charge >= 0.3 is 0 Å². The first-order valence-corrected chi connectivity index (χ1v) is 2.16. The van der Waals surface area contributed by atoms with Crippen LogP contribution in [0.4, 0.5) is 0 Å². The summed E-state index contributed by atoms with van der Waals surface area (Å²) in [5.41, 5.74) is 0. The number of hydrogen-bond donors (Lipinski definition) is 0. The lowest BCUT2D eigenvalue weighted by Gasteiger charge is -1.80. The van der Waals surface area contributed by atoms with E-state index >= 15 is 0 Å². The van der Waals surface area contributed by atoms with Crippen LogP contribution >= 0.6 is 0 Å². The van der Waals surface area contributed by atoms with Gasteiger partial charge in [-0.2, -0.15) is 0 Å². The highest BCUT2D eigenvalue weighted by atomic mass is 16.2. The molecule has 0 rings (SSSR count). The van der Waals surface area contributed by atoms with Gasteiger partial charge in [0, 0.05) is 0 Å². The minimum atomic E-state index is -0.868. The summed E-state index contributed by atoms with van der Waals surface area (Å²) in [5.74, 6) is -1.74. The topological polar surface area (TPSA) is 68.3 Å². The maximum atomic E-state index is 10.0. The van der Waals surface area contributed by atoms with Crippen LogP contribution in [0.2, 0.25) is 0 Å². The average Bonchev–Trinajstić information content (AvgIpc) is 1.87. The largest absolute Gasteiger partial charge is 0.295 e. The molecule has 0 unspecified atom stereocenters. The van der Waals surface area contributed by atoms with Crippen molar-refractivity contribution in [2.75, 3.05) is 0 Å². The first kappa shape index (κ1) is 7.68. The van der Waals surface area contributed by atoms with Crippen LogP contribution in [0.1, 0.15) is 6.42 Å². The molecule has 0 aromatic rings. The summed E-state index contributed by atoms with van der Waals surface area (Å²) < 4.78 is 0. The van der Waals surface area contributed by atoms with Gasteiger partial charge in [-0.15, -0.1) is 0 Å². The molecular weight excluding hydrogens is 124 g/mol. The molecular formula is C5H4O4. The Kier molecular flexibility index (Phi) is 3.12. The van der Waals surface area contributed by atoms with Crippen LogP contribution in [0.15, 0.2) is 0 Å². The fraction of sp³-hybridized carbons (Fsp3) is 0.200. The second kappa shape index (κ2) is 3.65. The predicted octanol–water partition coefficient (Wildman–Crippen LogP) is -1.09. The van der Waals surface area contributed by atoms with Crippen molar-refractivity contribution >= 4 is 24.1 Å². The first-order valence-electron chi connectivity index (χ1n) is 2.16. The van der Waals surface area contributed by atoms with Crippen molar-refractivity contribution in [3.8, 4) is 0 Å². The summed E-state index contributed by atoms with van der Waals surface area (Å²) in [7, 11) is 0. The lowest BCUT2D eigenvalue weighted by molar-refractivity contribution is -0.136. The van der Waals surface area contributed by atoms with Crippen LogP contribution in [-0.2, 0) is 19.2 Å². The van der Waals surface area contributed by atoms with Gasteiger partial charge in [-0.1, -0.05) is 0 Å². The molecule has 0 saturated carbocycles. The smallest absolute Gasteiger partial charge is 0.203 e. The molecule has 0 amide bonds. The highest BCUT2D eigenvalue weighted by Crippen LogP contribution is 1.77. The summed E-state index contributed by atoms with van der Waals surface area (Å²) in [5, 5.41) is 0. The van der Waals surface area contributed by atoms with Crippen molar-refractivity contribution < 1.29 is 19.2 Å². The van der Waals surface area contributed by atoms with Crippen LogP contribution < -0.4 is 0 Å². The molecule has 0 aliphatic rings. The Labute approximate surface area is 50.8 Å². The minimum Gasteiger partial charge on any atom is -0.295 e. The van der Waals surface area contributed by atoms with Gasteiger partial charge in [-0.3, -0.25) is 19.2 Å². The molecule has 48 valence electrons. The number of aldehydes is 2. The Morgan fingerprint density at radius 1 is 1.00 bits per heavy atom. The summed E-state index contributed by atoms with van der Waals surface area (Å²) in [4.78, 5) is 39.1. The summed E-state index contributed by atoms with van der Waals surface area (Å²) in [6.45, 7) is 0. The van der Waals surface area contributed by atoms with Crippen LogP contribution in [0, 0.1) is 0 Å². The van der Waals surface area contributed by atoms with E-state index in [0.29, 0.717) is 0 Å². The number of Topliss-reactive ketones (excluding diaryl/α,β-unsaturated/α-hetero) is 2. The summed E-state index contributed by atoms with van der Waals surface area (Å²) >= 11 is 0. The molecule has 4 heteroatoms. The third kappa shape index (κ3) is 3.28. The van der Waals surface area contributed by atoms with Crippen molar-refractivity contribution in [2.45, 2.75) is 6.42 Å². The zero-order valence-corrected chi connectivity index (χ0v) is 4.49. The molecule has 0 aliphatic heterocycles. The molecule has 0 N–H and O–H groups in total. The van der Waals surface area contributed by atoms with Crippen molar-refractivity contribution in [1.29, 1.82) is 0 Å². The number of rotatable bonds is 4. The van der Waals surface area contributed by atoms with E-state index in [9.17, 15) is 19.2 Å². The lowest BCUT2D eigenvalue weighted by atomic mass is 10.2. The van der Waals surface area contributed by atoms with Crippen LogP contribution in [-0.4, -0.2) is 24.1 Å². The molecule has 0 saturated heterocycles. The minimum absolute atomic E-state index is 0.0153. The quantitative estimate of drug-likeness (QED) is 0.274. The lowest BCUT2D eigenvalue weighted by Crippen LogP contribution is -2.08. The Bertz CT molecular complexity index is 140. The SMILES string of the molecule is O=CC(=O)CC(=O)C=O. The molecule has 0 aromatic carbocycles. The van der Waals surface area contributed by atoms with Crippen molar-refractivity contribution in [3.63, 3.8) is 0 Å². The molecule has 0 spiro atoms. The van der Waals surface area contributed by atoms with E-state index in [0.717, 1.165) is 0 Å². The molecule has 0 fully saturated rings. The van der Waals surface area contributed by atoms with Gasteiger partial charge in [0.05, 0.1) is 6.42 Å². The Hall–Kier alpha value is -1.32. The highest BCUT2D eigenvalue weighted by molar-refractivity contribution is 6.38. The third-order valence-corrected chi connectivity index (χ3v) is 0.611. The van der Waals surface area contributed by atoms with Gasteiger partial charge in [0.15, 0.2) is 12.6 Å². The third-order valence-electron chi connectivity index (χ3n) is 0.611. The summed E-state index contributed by atoms with van der Waals surface area (Å²) in [6, 6.07) is 0. The second-order valence-electron chi connectivity index (χ2n) is 1.35. The molecule has 9 heavy (non-hydrogen) atoms. The van der Waals surface area contributed by atoms with Gasteiger partial charge in [-0.05, 0) is 0 Å². The number of carbonyl (C=O) groups is 4. The number of ketones is 2. The normalized spacial score (nSPS) is 8.00. The summed E-state index contributed by atoms with van der Waals surface area (Å²) in [6.07, 6.45) is -0.574.